The molecule has 2 rings (SSSR count). The summed E-state index contributed by atoms with van der Waals surface area (Å²) in [4.78, 5) is 8.26. The van der Waals surface area contributed by atoms with E-state index in [0.717, 1.165) is 5.69 Å². The summed E-state index contributed by atoms with van der Waals surface area (Å²) in [6.07, 6.45) is 4.71. The Morgan fingerprint density at radius 2 is 2.27 bits per heavy atom. The zero-order valence-corrected chi connectivity index (χ0v) is 8.81. The quantitative estimate of drug-likeness (QED) is 0.830. The fraction of sp³-hybridized carbons (Fsp3) is 0.222. The normalized spacial score (nSPS) is 10.6. The van der Waals surface area contributed by atoms with E-state index in [0.29, 0.717) is 16.5 Å². The van der Waals surface area contributed by atoms with E-state index >= 15 is 0 Å². The van der Waals surface area contributed by atoms with Gasteiger partial charge in [-0.05, 0) is 6.92 Å². The number of aliphatic hydroxyl groups excluding tert-OH is 1. The summed E-state index contributed by atoms with van der Waals surface area (Å²) in [5, 5.41) is 13.5. The lowest BCUT2D eigenvalue weighted by Crippen LogP contribution is -2.04. The lowest BCUT2D eigenvalue weighted by Gasteiger charge is -2.03. The zero-order valence-electron chi connectivity index (χ0n) is 8.05. The van der Waals surface area contributed by atoms with Gasteiger partial charge < -0.3 is 5.11 Å². The Bertz CT molecular complexity index is 483. The van der Waals surface area contributed by atoms with Gasteiger partial charge in [0.1, 0.15) is 0 Å². The number of aliphatic hydroxyl groups is 1. The van der Waals surface area contributed by atoms with Gasteiger partial charge in [0.15, 0.2) is 0 Å². The van der Waals surface area contributed by atoms with Crippen molar-refractivity contribution >= 4 is 11.6 Å². The molecule has 0 amide bonds. The minimum atomic E-state index is -0.0635. The molecule has 0 saturated carbocycles. The minimum Gasteiger partial charge on any atom is -0.392 e. The van der Waals surface area contributed by atoms with E-state index in [1.807, 2.05) is 6.92 Å². The van der Waals surface area contributed by atoms with E-state index in [-0.39, 0.29) is 6.61 Å². The molecule has 0 atom stereocenters. The summed E-state index contributed by atoms with van der Waals surface area (Å²) < 4.78 is 1.48. The highest BCUT2D eigenvalue weighted by atomic mass is 35.5. The van der Waals surface area contributed by atoms with Crippen LogP contribution in [0, 0.1) is 6.92 Å². The van der Waals surface area contributed by atoms with Gasteiger partial charge in [0.2, 0.25) is 0 Å². The Morgan fingerprint density at radius 1 is 1.47 bits per heavy atom. The van der Waals surface area contributed by atoms with Crippen LogP contribution in [-0.2, 0) is 6.61 Å². The fourth-order valence-electron chi connectivity index (χ4n) is 1.16. The molecule has 0 aromatic carbocycles. The molecule has 1 N–H and O–H groups in total. The van der Waals surface area contributed by atoms with Gasteiger partial charge in [-0.15, -0.1) is 0 Å². The molecule has 0 fully saturated rings. The number of halogens is 1. The summed E-state index contributed by atoms with van der Waals surface area (Å²) in [5.74, 6) is 0.441. The first-order valence-electron chi connectivity index (χ1n) is 4.34. The second kappa shape index (κ2) is 3.96. The molecule has 2 aromatic heterocycles. The Hall–Kier alpha value is -1.46. The Kier molecular flexibility index (Phi) is 2.66. The second-order valence-electron chi connectivity index (χ2n) is 3.04. The van der Waals surface area contributed by atoms with Crippen LogP contribution < -0.4 is 0 Å². The van der Waals surface area contributed by atoms with Crippen molar-refractivity contribution in [3.05, 3.63) is 34.9 Å². The molecule has 0 aliphatic carbocycles. The monoisotopic (exact) mass is 224 g/mol. The van der Waals surface area contributed by atoms with Gasteiger partial charge in [0, 0.05) is 17.5 Å². The molecule has 0 bridgehead atoms. The lowest BCUT2D eigenvalue weighted by molar-refractivity contribution is 0.280. The van der Waals surface area contributed by atoms with Crippen LogP contribution in [0.4, 0.5) is 0 Å². The number of hydrogen-bond donors (Lipinski definition) is 1. The number of nitrogens with zero attached hydrogens (tertiary/aromatic N) is 4. The van der Waals surface area contributed by atoms with Gasteiger partial charge >= 0.3 is 0 Å². The van der Waals surface area contributed by atoms with Gasteiger partial charge in [-0.1, -0.05) is 11.6 Å². The zero-order chi connectivity index (χ0) is 10.8. The van der Waals surface area contributed by atoms with Crippen molar-refractivity contribution in [3.63, 3.8) is 0 Å². The average Bonchev–Trinajstić information content (AvgIpc) is 2.65. The predicted octanol–water partition coefficient (Wildman–Crippen LogP) is 1.12. The van der Waals surface area contributed by atoms with Crippen molar-refractivity contribution in [1.82, 2.24) is 19.7 Å². The molecule has 0 spiro atoms. The largest absolute Gasteiger partial charge is 0.392 e. The molecule has 0 aliphatic heterocycles. The standard InChI is InChI=1S/C9H9ClN4O/c1-6-7(5-15)2-11-9(13-6)14-4-8(10)3-12-14/h2-4,15H,5H2,1H3. The van der Waals surface area contributed by atoms with E-state index in [1.165, 1.54) is 10.9 Å². The number of aryl methyl sites for hydroxylation is 1. The first kappa shape index (κ1) is 10.1. The van der Waals surface area contributed by atoms with Crippen molar-refractivity contribution in [1.29, 1.82) is 0 Å². The van der Waals surface area contributed by atoms with Gasteiger partial charge in [-0.3, -0.25) is 0 Å². The van der Waals surface area contributed by atoms with Crippen LogP contribution in [0.3, 0.4) is 0 Å². The molecule has 78 valence electrons. The summed E-state index contributed by atoms with van der Waals surface area (Å²) in [5.41, 5.74) is 1.44. The third-order valence-electron chi connectivity index (χ3n) is 1.99. The summed E-state index contributed by atoms with van der Waals surface area (Å²) in [7, 11) is 0. The van der Waals surface area contributed by atoms with Crippen molar-refractivity contribution < 1.29 is 5.11 Å². The Labute approximate surface area is 91.4 Å². The van der Waals surface area contributed by atoms with Gasteiger partial charge in [-0.25, -0.2) is 14.6 Å². The maximum atomic E-state index is 8.96. The van der Waals surface area contributed by atoms with Crippen LogP contribution >= 0.6 is 11.6 Å². The maximum Gasteiger partial charge on any atom is 0.250 e. The predicted molar refractivity (Wildman–Crippen MR) is 54.8 cm³/mol. The number of aromatic nitrogens is 4. The molecule has 0 aliphatic rings. The van der Waals surface area contributed by atoms with E-state index < -0.39 is 0 Å². The highest BCUT2D eigenvalue weighted by Gasteiger charge is 2.05. The Morgan fingerprint density at radius 3 is 2.80 bits per heavy atom. The van der Waals surface area contributed by atoms with Gasteiger partial charge in [0.05, 0.1) is 24.0 Å². The minimum absolute atomic E-state index is 0.0635. The van der Waals surface area contributed by atoms with E-state index in [2.05, 4.69) is 15.1 Å². The highest BCUT2D eigenvalue weighted by molar-refractivity contribution is 6.30. The third-order valence-corrected chi connectivity index (χ3v) is 2.19. The second-order valence-corrected chi connectivity index (χ2v) is 3.48. The number of rotatable bonds is 2. The van der Waals surface area contributed by atoms with Crippen LogP contribution in [0.2, 0.25) is 5.02 Å². The first-order valence-corrected chi connectivity index (χ1v) is 4.72. The van der Waals surface area contributed by atoms with Crippen molar-refractivity contribution in [2.45, 2.75) is 13.5 Å². The molecule has 0 saturated heterocycles. The molecular weight excluding hydrogens is 216 g/mol. The third kappa shape index (κ3) is 1.98. The Balaban J connectivity index is 2.42. The highest BCUT2D eigenvalue weighted by Crippen LogP contribution is 2.10. The van der Waals surface area contributed by atoms with E-state index in [9.17, 15) is 0 Å². The molecule has 5 nitrogen and oxygen atoms in total. The molecule has 2 aromatic rings. The molecular formula is C9H9ClN4O. The van der Waals surface area contributed by atoms with Gasteiger partial charge in [0.25, 0.3) is 5.95 Å². The SMILES string of the molecule is Cc1nc(-n2cc(Cl)cn2)ncc1CO. The summed E-state index contributed by atoms with van der Waals surface area (Å²) in [6.45, 7) is 1.74. The van der Waals surface area contributed by atoms with Crippen molar-refractivity contribution in [2.24, 2.45) is 0 Å². The molecule has 2 heterocycles. The first-order chi connectivity index (χ1) is 7.20. The molecule has 6 heteroatoms. The maximum absolute atomic E-state index is 8.96. The lowest BCUT2D eigenvalue weighted by atomic mass is 10.3. The van der Waals surface area contributed by atoms with Crippen LogP contribution in [0.1, 0.15) is 11.3 Å². The average molecular weight is 225 g/mol. The smallest absolute Gasteiger partial charge is 0.250 e. The summed E-state index contributed by atoms with van der Waals surface area (Å²) >= 11 is 5.73. The van der Waals surface area contributed by atoms with Crippen LogP contribution in [0.5, 0.6) is 0 Å². The van der Waals surface area contributed by atoms with E-state index in [4.69, 9.17) is 16.7 Å². The van der Waals surface area contributed by atoms with Crippen molar-refractivity contribution in [2.75, 3.05) is 0 Å². The fourth-order valence-corrected chi connectivity index (χ4v) is 1.29. The van der Waals surface area contributed by atoms with E-state index in [1.54, 1.807) is 12.4 Å². The number of hydrogen-bond acceptors (Lipinski definition) is 4. The van der Waals surface area contributed by atoms with Crippen LogP contribution in [0.15, 0.2) is 18.6 Å². The van der Waals surface area contributed by atoms with Crippen LogP contribution in [-0.4, -0.2) is 24.9 Å². The molecule has 15 heavy (non-hydrogen) atoms. The summed E-state index contributed by atoms with van der Waals surface area (Å²) in [6, 6.07) is 0. The molecule has 0 unspecified atom stereocenters. The molecule has 0 radical (unpaired) electrons. The van der Waals surface area contributed by atoms with Crippen molar-refractivity contribution in [3.8, 4) is 5.95 Å². The van der Waals surface area contributed by atoms with Crippen LogP contribution in [0.25, 0.3) is 5.95 Å². The topological polar surface area (TPSA) is 63.8 Å². The van der Waals surface area contributed by atoms with Gasteiger partial charge in [-0.2, -0.15) is 5.10 Å².